The van der Waals surface area contributed by atoms with Crippen LogP contribution in [-0.2, 0) is 16.4 Å². The van der Waals surface area contributed by atoms with Gasteiger partial charge in [-0.05, 0) is 33.0 Å². The minimum atomic E-state index is -3.68. The molecule has 1 aromatic carbocycles. The van der Waals surface area contributed by atoms with Gasteiger partial charge in [-0.3, -0.25) is 10.1 Å². The standard InChI is InChI=1S/C12H19N3O4S/c1-4-14-9(2)7-10-5-6-11(20(18,19)13-3)8-12(10)15(16)17/h5-6,8-9,13-14H,4,7H2,1-3H3. The SMILES string of the molecule is CCNC(C)Cc1ccc(S(=O)(=O)NC)cc1[N+](=O)[O-]. The highest BCUT2D eigenvalue weighted by Gasteiger charge is 2.21. The maximum Gasteiger partial charge on any atom is 0.273 e. The van der Waals surface area contributed by atoms with Crippen LogP contribution in [0.4, 0.5) is 5.69 Å². The Hall–Kier alpha value is -1.51. The zero-order chi connectivity index (χ0) is 15.3. The lowest BCUT2D eigenvalue weighted by Gasteiger charge is -2.13. The lowest BCUT2D eigenvalue weighted by Crippen LogP contribution is -2.28. The van der Waals surface area contributed by atoms with Crippen molar-refractivity contribution in [3.8, 4) is 0 Å². The van der Waals surface area contributed by atoms with Gasteiger partial charge in [0.05, 0.1) is 9.82 Å². The van der Waals surface area contributed by atoms with Crippen LogP contribution in [0.2, 0.25) is 0 Å². The molecule has 0 aliphatic rings. The largest absolute Gasteiger partial charge is 0.314 e. The number of hydrogen-bond acceptors (Lipinski definition) is 5. The van der Waals surface area contributed by atoms with Gasteiger partial charge in [-0.2, -0.15) is 0 Å². The average molecular weight is 301 g/mol. The van der Waals surface area contributed by atoms with Crippen molar-refractivity contribution in [2.45, 2.75) is 31.2 Å². The van der Waals surface area contributed by atoms with Crippen molar-refractivity contribution in [2.24, 2.45) is 0 Å². The molecule has 0 amide bonds. The van der Waals surface area contributed by atoms with Crippen LogP contribution in [-0.4, -0.2) is 33.0 Å². The maximum atomic E-state index is 11.7. The van der Waals surface area contributed by atoms with Crippen LogP contribution >= 0.6 is 0 Å². The minimum Gasteiger partial charge on any atom is -0.314 e. The second-order valence-corrected chi connectivity index (χ2v) is 6.30. The first kappa shape index (κ1) is 16.5. The predicted molar refractivity (Wildman–Crippen MR) is 76.2 cm³/mol. The lowest BCUT2D eigenvalue weighted by molar-refractivity contribution is -0.385. The highest BCUT2D eigenvalue weighted by Crippen LogP contribution is 2.24. The topological polar surface area (TPSA) is 101 Å². The van der Waals surface area contributed by atoms with E-state index in [1.165, 1.54) is 19.2 Å². The molecule has 7 nitrogen and oxygen atoms in total. The summed E-state index contributed by atoms with van der Waals surface area (Å²) < 4.78 is 25.5. The molecule has 0 bridgehead atoms. The molecule has 0 fully saturated rings. The average Bonchev–Trinajstić information content (AvgIpc) is 2.38. The first-order chi connectivity index (χ1) is 9.31. The fraction of sp³-hybridized carbons (Fsp3) is 0.500. The molecule has 112 valence electrons. The van der Waals surface area contributed by atoms with Gasteiger partial charge in [0.25, 0.3) is 5.69 Å². The quantitative estimate of drug-likeness (QED) is 0.579. The van der Waals surface area contributed by atoms with Gasteiger partial charge in [0.15, 0.2) is 0 Å². The summed E-state index contributed by atoms with van der Waals surface area (Å²) in [6, 6.07) is 4.05. The van der Waals surface area contributed by atoms with Crippen LogP contribution in [0.1, 0.15) is 19.4 Å². The highest BCUT2D eigenvalue weighted by atomic mass is 32.2. The number of nitro benzene ring substituents is 1. The van der Waals surface area contributed by atoms with Crippen molar-refractivity contribution >= 4 is 15.7 Å². The van der Waals surface area contributed by atoms with E-state index in [-0.39, 0.29) is 16.6 Å². The fourth-order valence-corrected chi connectivity index (χ4v) is 2.67. The van der Waals surface area contributed by atoms with Crippen molar-refractivity contribution in [1.29, 1.82) is 0 Å². The molecule has 0 aromatic heterocycles. The molecule has 2 N–H and O–H groups in total. The van der Waals surface area contributed by atoms with E-state index in [2.05, 4.69) is 10.0 Å². The Labute approximate surface area is 118 Å². The second kappa shape index (κ2) is 6.78. The van der Waals surface area contributed by atoms with Crippen LogP contribution in [0.15, 0.2) is 23.1 Å². The van der Waals surface area contributed by atoms with Crippen LogP contribution in [0, 0.1) is 10.1 Å². The highest BCUT2D eigenvalue weighted by molar-refractivity contribution is 7.89. The smallest absolute Gasteiger partial charge is 0.273 e. The van der Waals surface area contributed by atoms with Crippen molar-refractivity contribution < 1.29 is 13.3 Å². The summed E-state index contributed by atoms with van der Waals surface area (Å²) in [7, 11) is -2.41. The van der Waals surface area contributed by atoms with Gasteiger partial charge in [-0.1, -0.05) is 13.0 Å². The van der Waals surface area contributed by atoms with Crippen LogP contribution < -0.4 is 10.0 Å². The maximum absolute atomic E-state index is 11.7. The fourth-order valence-electron chi connectivity index (χ4n) is 1.92. The molecule has 1 unspecified atom stereocenters. The number of nitro groups is 1. The molecule has 0 heterocycles. The summed E-state index contributed by atoms with van der Waals surface area (Å²) >= 11 is 0. The van der Waals surface area contributed by atoms with Gasteiger partial charge >= 0.3 is 0 Å². The second-order valence-electron chi connectivity index (χ2n) is 4.42. The lowest BCUT2D eigenvalue weighted by atomic mass is 10.1. The Morgan fingerprint density at radius 2 is 2.05 bits per heavy atom. The Morgan fingerprint density at radius 3 is 2.55 bits per heavy atom. The molecule has 20 heavy (non-hydrogen) atoms. The number of rotatable bonds is 7. The molecule has 1 rings (SSSR count). The van der Waals surface area contributed by atoms with E-state index in [1.54, 1.807) is 0 Å². The van der Waals surface area contributed by atoms with Crippen molar-refractivity contribution in [1.82, 2.24) is 10.0 Å². The van der Waals surface area contributed by atoms with E-state index in [0.717, 1.165) is 12.6 Å². The summed E-state index contributed by atoms with van der Waals surface area (Å²) in [5.74, 6) is 0. The van der Waals surface area contributed by atoms with Gasteiger partial charge in [0, 0.05) is 17.7 Å². The normalized spacial score (nSPS) is 13.2. The predicted octanol–water partition coefficient (Wildman–Crippen LogP) is 1.04. The number of nitrogens with one attached hydrogen (secondary N) is 2. The number of sulfonamides is 1. The molecule has 0 saturated heterocycles. The van der Waals surface area contributed by atoms with Gasteiger partial charge < -0.3 is 5.32 Å². The summed E-state index contributed by atoms with van der Waals surface area (Å²) in [5.41, 5.74) is 0.338. The first-order valence-electron chi connectivity index (χ1n) is 6.26. The van der Waals surface area contributed by atoms with Gasteiger partial charge in [0.2, 0.25) is 10.0 Å². The van der Waals surface area contributed by atoms with E-state index in [0.29, 0.717) is 12.0 Å². The molecule has 1 atom stereocenters. The van der Waals surface area contributed by atoms with Crippen LogP contribution in [0.25, 0.3) is 0 Å². The zero-order valence-electron chi connectivity index (χ0n) is 11.7. The number of likely N-dealkylation sites (N-methyl/N-ethyl adjacent to an activating group) is 1. The van der Waals surface area contributed by atoms with E-state index in [1.807, 2.05) is 13.8 Å². The van der Waals surface area contributed by atoms with E-state index in [4.69, 9.17) is 0 Å². The summed E-state index contributed by atoms with van der Waals surface area (Å²) in [6.45, 7) is 4.64. The van der Waals surface area contributed by atoms with E-state index >= 15 is 0 Å². The summed E-state index contributed by atoms with van der Waals surface area (Å²) in [6.07, 6.45) is 0.462. The Morgan fingerprint density at radius 1 is 1.40 bits per heavy atom. The monoisotopic (exact) mass is 301 g/mol. The Bertz CT molecular complexity index is 586. The molecule has 0 aliphatic heterocycles. The molecule has 1 aromatic rings. The molecular formula is C12H19N3O4S. The number of nitrogens with zero attached hydrogens (tertiary/aromatic N) is 1. The minimum absolute atomic E-state index is 0.0745. The third-order valence-corrected chi connectivity index (χ3v) is 4.32. The molecule has 0 aliphatic carbocycles. The van der Waals surface area contributed by atoms with Crippen molar-refractivity contribution in [2.75, 3.05) is 13.6 Å². The number of hydrogen-bond donors (Lipinski definition) is 2. The Balaban J connectivity index is 3.18. The van der Waals surface area contributed by atoms with Crippen LogP contribution in [0.3, 0.4) is 0 Å². The van der Waals surface area contributed by atoms with E-state index in [9.17, 15) is 18.5 Å². The third kappa shape index (κ3) is 3.99. The van der Waals surface area contributed by atoms with Gasteiger partial charge in [-0.15, -0.1) is 0 Å². The molecule has 0 saturated carbocycles. The first-order valence-corrected chi connectivity index (χ1v) is 7.74. The molecule has 8 heteroatoms. The third-order valence-electron chi connectivity index (χ3n) is 2.91. The summed E-state index contributed by atoms with van der Waals surface area (Å²) in [4.78, 5) is 10.4. The van der Waals surface area contributed by atoms with E-state index < -0.39 is 14.9 Å². The van der Waals surface area contributed by atoms with Crippen molar-refractivity contribution in [3.63, 3.8) is 0 Å². The molecular weight excluding hydrogens is 282 g/mol. The zero-order valence-corrected chi connectivity index (χ0v) is 12.5. The van der Waals surface area contributed by atoms with Gasteiger partial charge in [0.1, 0.15) is 0 Å². The molecule has 0 radical (unpaired) electrons. The molecule has 0 spiro atoms. The van der Waals surface area contributed by atoms with Gasteiger partial charge in [-0.25, -0.2) is 13.1 Å². The van der Waals surface area contributed by atoms with Crippen molar-refractivity contribution in [3.05, 3.63) is 33.9 Å². The van der Waals surface area contributed by atoms with Crippen LogP contribution in [0.5, 0.6) is 0 Å². The summed E-state index contributed by atoms with van der Waals surface area (Å²) in [5, 5.41) is 14.3. The number of benzene rings is 1. The Kier molecular flexibility index (Phi) is 5.61.